The van der Waals surface area contributed by atoms with E-state index in [0.717, 1.165) is 18.9 Å². The van der Waals surface area contributed by atoms with Crippen LogP contribution in [0.1, 0.15) is 18.9 Å². The summed E-state index contributed by atoms with van der Waals surface area (Å²) in [6.07, 6.45) is -8.85. The minimum absolute atomic E-state index is 0.592. The molecule has 1 aliphatic rings. The summed E-state index contributed by atoms with van der Waals surface area (Å²) in [6.45, 7) is 2.22. The maximum Gasteiger partial charge on any atom is 0.490 e. The molecule has 3 rings (SSSR count). The Bertz CT molecular complexity index is 959. The largest absolute Gasteiger partial charge is 0.490 e. The SMILES string of the molecule is O=C(O)C(F)(F)F.O=C(O)C(F)(F)F.O=C(O)C(F)(F)F.c1ccc(-c2nccn2C2CCNCC2)cc1. The van der Waals surface area contributed by atoms with Gasteiger partial charge in [-0.05, 0) is 25.9 Å². The van der Waals surface area contributed by atoms with Crippen LogP contribution in [0.2, 0.25) is 0 Å². The summed E-state index contributed by atoms with van der Waals surface area (Å²) in [5.74, 6) is -7.18. The molecule has 0 radical (unpaired) electrons. The van der Waals surface area contributed by atoms with Gasteiger partial charge in [0.2, 0.25) is 0 Å². The number of rotatable bonds is 2. The maximum absolute atomic E-state index is 10.6. The molecule has 0 atom stereocenters. The third-order valence-corrected chi connectivity index (χ3v) is 4.13. The van der Waals surface area contributed by atoms with Crippen molar-refractivity contribution in [2.75, 3.05) is 13.1 Å². The molecule has 1 aromatic heterocycles. The first-order valence-electron chi connectivity index (χ1n) is 9.97. The summed E-state index contributed by atoms with van der Waals surface area (Å²) >= 11 is 0. The van der Waals surface area contributed by atoms with Crippen LogP contribution < -0.4 is 5.32 Å². The fourth-order valence-corrected chi connectivity index (χ4v) is 2.50. The van der Waals surface area contributed by atoms with E-state index in [-0.39, 0.29) is 0 Å². The van der Waals surface area contributed by atoms with E-state index in [1.165, 1.54) is 18.4 Å². The number of nitrogens with one attached hydrogen (secondary N) is 1. The van der Waals surface area contributed by atoms with Crippen molar-refractivity contribution in [3.8, 4) is 11.4 Å². The van der Waals surface area contributed by atoms with Crippen LogP contribution in [0.5, 0.6) is 0 Å². The van der Waals surface area contributed by atoms with Gasteiger partial charge in [-0.15, -0.1) is 0 Å². The summed E-state index contributed by atoms with van der Waals surface area (Å²) < 4.78 is 97.5. The first-order valence-corrected chi connectivity index (χ1v) is 9.97. The van der Waals surface area contributed by atoms with Crippen LogP contribution in [0.3, 0.4) is 0 Å². The maximum atomic E-state index is 10.6. The Morgan fingerprint density at radius 1 is 0.763 bits per heavy atom. The van der Waals surface area contributed by atoms with E-state index in [1.807, 2.05) is 12.3 Å². The van der Waals surface area contributed by atoms with Gasteiger partial charge in [-0.1, -0.05) is 30.3 Å². The lowest BCUT2D eigenvalue weighted by Crippen LogP contribution is -2.29. The summed E-state index contributed by atoms with van der Waals surface area (Å²) in [4.78, 5) is 31.2. The highest BCUT2D eigenvalue weighted by Crippen LogP contribution is 2.25. The number of halogens is 9. The Balaban J connectivity index is 0.000000550. The highest BCUT2D eigenvalue weighted by atomic mass is 19.4. The van der Waals surface area contributed by atoms with Crippen molar-refractivity contribution in [1.82, 2.24) is 14.9 Å². The number of aliphatic carboxylic acids is 3. The first kappa shape index (κ1) is 34.2. The van der Waals surface area contributed by atoms with Crippen molar-refractivity contribution in [3.63, 3.8) is 0 Å². The molecule has 2 aromatic rings. The third kappa shape index (κ3) is 13.5. The summed E-state index contributed by atoms with van der Waals surface area (Å²) in [5, 5.41) is 24.8. The van der Waals surface area contributed by atoms with Gasteiger partial charge in [0.1, 0.15) is 5.82 Å². The number of carboxylic acids is 3. The number of aromatic nitrogens is 2. The molecule has 1 saturated heterocycles. The molecular formula is C20H20F9N3O6. The minimum atomic E-state index is -5.08. The highest BCUT2D eigenvalue weighted by Gasteiger charge is 2.39. The van der Waals surface area contributed by atoms with E-state index < -0.39 is 36.4 Å². The van der Waals surface area contributed by atoms with Gasteiger partial charge in [-0.3, -0.25) is 0 Å². The Labute approximate surface area is 207 Å². The molecule has 0 amide bonds. The number of imidazole rings is 1. The van der Waals surface area contributed by atoms with E-state index >= 15 is 0 Å². The molecule has 1 aliphatic heterocycles. The van der Waals surface area contributed by atoms with Crippen LogP contribution in [-0.4, -0.2) is 74.4 Å². The first-order chi connectivity index (χ1) is 17.3. The lowest BCUT2D eigenvalue weighted by Gasteiger charge is -2.25. The molecule has 9 nitrogen and oxygen atoms in total. The second-order valence-corrected chi connectivity index (χ2v) is 6.91. The number of piperidine rings is 1. The molecule has 38 heavy (non-hydrogen) atoms. The second kappa shape index (κ2) is 14.8. The standard InChI is InChI=1S/C14H17N3.3C2HF3O2/c1-2-4-12(5-3-1)14-16-10-11-17(14)13-6-8-15-9-7-13;3*3-2(4,5)1(6)7/h1-5,10-11,13,15H,6-9H2;3*(H,6,7). The molecule has 214 valence electrons. The van der Waals surface area contributed by atoms with Crippen molar-refractivity contribution in [1.29, 1.82) is 0 Å². The monoisotopic (exact) mass is 569 g/mol. The van der Waals surface area contributed by atoms with Crippen LogP contribution in [0, 0.1) is 0 Å². The van der Waals surface area contributed by atoms with Crippen molar-refractivity contribution < 1.29 is 69.2 Å². The molecular weight excluding hydrogens is 549 g/mol. The average molecular weight is 569 g/mol. The molecule has 0 spiro atoms. The van der Waals surface area contributed by atoms with Gasteiger partial charge < -0.3 is 25.2 Å². The number of alkyl halides is 9. The molecule has 1 aromatic carbocycles. The van der Waals surface area contributed by atoms with E-state index in [9.17, 15) is 39.5 Å². The van der Waals surface area contributed by atoms with Gasteiger partial charge >= 0.3 is 36.4 Å². The van der Waals surface area contributed by atoms with Crippen LogP contribution in [0.25, 0.3) is 11.4 Å². The second-order valence-electron chi connectivity index (χ2n) is 6.91. The van der Waals surface area contributed by atoms with Gasteiger partial charge in [-0.2, -0.15) is 39.5 Å². The van der Waals surface area contributed by atoms with Gasteiger partial charge in [0.15, 0.2) is 0 Å². The molecule has 18 heteroatoms. The average Bonchev–Trinajstić information content (AvgIpc) is 3.30. The predicted octanol–water partition coefficient (Wildman–Crippen LogP) is 4.37. The Kier molecular flexibility index (Phi) is 13.3. The number of carboxylic acid groups (broad SMARTS) is 3. The van der Waals surface area contributed by atoms with Gasteiger partial charge in [0.05, 0.1) is 0 Å². The van der Waals surface area contributed by atoms with Crippen molar-refractivity contribution in [2.24, 2.45) is 0 Å². The van der Waals surface area contributed by atoms with Crippen LogP contribution >= 0.6 is 0 Å². The fourth-order valence-electron chi connectivity index (χ4n) is 2.50. The van der Waals surface area contributed by atoms with Crippen LogP contribution in [-0.2, 0) is 14.4 Å². The van der Waals surface area contributed by atoms with Gasteiger partial charge in [0.25, 0.3) is 0 Å². The number of hydrogen-bond acceptors (Lipinski definition) is 5. The molecule has 2 heterocycles. The third-order valence-electron chi connectivity index (χ3n) is 4.13. The lowest BCUT2D eigenvalue weighted by atomic mass is 10.1. The number of hydrogen-bond donors (Lipinski definition) is 4. The van der Waals surface area contributed by atoms with E-state index in [1.54, 1.807) is 0 Å². The fraction of sp³-hybridized carbons (Fsp3) is 0.400. The van der Waals surface area contributed by atoms with Crippen molar-refractivity contribution in [3.05, 3.63) is 42.7 Å². The molecule has 0 unspecified atom stereocenters. The minimum Gasteiger partial charge on any atom is -0.475 e. The molecule has 1 fully saturated rings. The normalized spacial score (nSPS) is 13.9. The lowest BCUT2D eigenvalue weighted by molar-refractivity contribution is -0.193. The Morgan fingerprint density at radius 3 is 1.47 bits per heavy atom. The molecule has 0 bridgehead atoms. The highest BCUT2D eigenvalue weighted by molar-refractivity contribution is 5.73. The Hall–Kier alpha value is -3.83. The van der Waals surface area contributed by atoms with Gasteiger partial charge in [-0.25, -0.2) is 19.4 Å². The van der Waals surface area contributed by atoms with Crippen LogP contribution in [0.15, 0.2) is 42.7 Å². The van der Waals surface area contributed by atoms with E-state index in [2.05, 4.69) is 45.3 Å². The topological polar surface area (TPSA) is 142 Å². The molecule has 0 saturated carbocycles. The molecule has 4 N–H and O–H groups in total. The zero-order valence-electron chi connectivity index (χ0n) is 18.8. The van der Waals surface area contributed by atoms with Gasteiger partial charge in [0, 0.05) is 24.0 Å². The predicted molar refractivity (Wildman–Crippen MR) is 110 cm³/mol. The van der Waals surface area contributed by atoms with E-state index in [4.69, 9.17) is 29.7 Å². The number of benzene rings is 1. The summed E-state index contributed by atoms with van der Waals surface area (Å²) in [6, 6.07) is 11.0. The molecule has 0 aliphatic carbocycles. The summed E-state index contributed by atoms with van der Waals surface area (Å²) in [5.41, 5.74) is 1.20. The van der Waals surface area contributed by atoms with Crippen LogP contribution in [0.4, 0.5) is 39.5 Å². The smallest absolute Gasteiger partial charge is 0.475 e. The number of nitrogens with zero attached hydrogens (tertiary/aromatic N) is 2. The van der Waals surface area contributed by atoms with E-state index in [0.29, 0.717) is 6.04 Å². The van der Waals surface area contributed by atoms with Crippen molar-refractivity contribution >= 4 is 17.9 Å². The Morgan fingerprint density at radius 2 is 1.13 bits per heavy atom. The van der Waals surface area contributed by atoms with Crippen molar-refractivity contribution in [2.45, 2.75) is 37.4 Å². The number of carbonyl (C=O) groups is 3. The zero-order chi connectivity index (χ0) is 29.7. The zero-order valence-corrected chi connectivity index (χ0v) is 18.8. The quantitative estimate of drug-likeness (QED) is 0.391. The summed E-state index contributed by atoms with van der Waals surface area (Å²) in [7, 11) is 0.